The second-order valence-corrected chi connectivity index (χ2v) is 8.70. The maximum atomic E-state index is 13.5. The summed E-state index contributed by atoms with van der Waals surface area (Å²) in [5, 5.41) is 3.27. The molecule has 0 fully saturated rings. The van der Waals surface area contributed by atoms with E-state index in [1.165, 1.54) is 4.90 Å². The number of aryl methyl sites for hydroxylation is 2. The molecule has 1 aliphatic rings. The minimum atomic E-state index is -0.373. The van der Waals surface area contributed by atoms with E-state index in [1.807, 2.05) is 74.5 Å². The van der Waals surface area contributed by atoms with Gasteiger partial charge in [-0.3, -0.25) is 9.59 Å². The van der Waals surface area contributed by atoms with Gasteiger partial charge < -0.3 is 10.1 Å². The van der Waals surface area contributed by atoms with Crippen molar-refractivity contribution in [3.8, 4) is 5.75 Å². The van der Waals surface area contributed by atoms with Crippen LogP contribution in [0.1, 0.15) is 30.5 Å². The van der Waals surface area contributed by atoms with Gasteiger partial charge in [-0.25, -0.2) is 4.90 Å². The van der Waals surface area contributed by atoms with Gasteiger partial charge in [-0.2, -0.15) is 0 Å². The van der Waals surface area contributed by atoms with Crippen molar-refractivity contribution < 1.29 is 14.3 Å². The third-order valence-corrected chi connectivity index (χ3v) is 5.48. The van der Waals surface area contributed by atoms with Crippen molar-refractivity contribution in [2.24, 2.45) is 5.92 Å². The van der Waals surface area contributed by atoms with Gasteiger partial charge in [-0.15, -0.1) is 0 Å². The fraction of sp³-hybridized carbons (Fsp3) is 0.214. The molecule has 0 unspecified atom stereocenters. The lowest BCUT2D eigenvalue weighted by Crippen LogP contribution is -2.32. The number of para-hydroxylation sites is 1. The Kier molecular flexibility index (Phi) is 6.31. The molecule has 5 heteroatoms. The molecule has 0 atom stereocenters. The number of ether oxygens (including phenoxy) is 1. The highest BCUT2D eigenvalue weighted by atomic mass is 16.5. The zero-order valence-corrected chi connectivity index (χ0v) is 19.4. The van der Waals surface area contributed by atoms with E-state index in [-0.39, 0.29) is 17.5 Å². The second kappa shape index (κ2) is 9.33. The van der Waals surface area contributed by atoms with Gasteiger partial charge in [0.25, 0.3) is 11.8 Å². The molecule has 1 aliphatic heterocycles. The molecular formula is C28H28N2O3. The van der Waals surface area contributed by atoms with Gasteiger partial charge in [0.2, 0.25) is 0 Å². The van der Waals surface area contributed by atoms with Crippen LogP contribution in [0.2, 0.25) is 0 Å². The standard InChI is InChI=1S/C28H28N2O3/c1-18(2)17-33-23-14-12-21(13-15-23)25-26(29-24-16-19(3)10-11-20(24)4)28(32)30(27(25)31)22-8-6-5-7-9-22/h5-16,18,29H,17H2,1-4H3. The quantitative estimate of drug-likeness (QED) is 0.476. The smallest absolute Gasteiger partial charge is 0.282 e. The molecule has 0 spiro atoms. The van der Waals surface area contributed by atoms with Crippen LogP contribution in [-0.2, 0) is 9.59 Å². The zero-order valence-electron chi connectivity index (χ0n) is 19.4. The number of nitrogens with one attached hydrogen (secondary N) is 1. The Morgan fingerprint density at radius 3 is 2.24 bits per heavy atom. The summed E-state index contributed by atoms with van der Waals surface area (Å²) in [4.78, 5) is 28.3. The summed E-state index contributed by atoms with van der Waals surface area (Å²) >= 11 is 0. The summed E-state index contributed by atoms with van der Waals surface area (Å²) in [7, 11) is 0. The highest BCUT2D eigenvalue weighted by Gasteiger charge is 2.40. The molecule has 5 nitrogen and oxygen atoms in total. The SMILES string of the molecule is Cc1ccc(C)c(NC2=C(c3ccc(OCC(C)C)cc3)C(=O)N(c3ccccc3)C2=O)c1. The Hall–Kier alpha value is -3.86. The highest BCUT2D eigenvalue weighted by Crippen LogP contribution is 2.35. The van der Waals surface area contributed by atoms with Gasteiger partial charge in [0.05, 0.1) is 17.9 Å². The second-order valence-electron chi connectivity index (χ2n) is 8.70. The number of nitrogens with zero attached hydrogens (tertiary/aromatic N) is 1. The third kappa shape index (κ3) is 4.67. The van der Waals surface area contributed by atoms with Crippen molar-refractivity contribution >= 4 is 28.8 Å². The fourth-order valence-corrected chi connectivity index (χ4v) is 3.71. The summed E-state index contributed by atoms with van der Waals surface area (Å²) < 4.78 is 5.78. The maximum absolute atomic E-state index is 13.5. The number of benzene rings is 3. The Labute approximate surface area is 194 Å². The fourth-order valence-electron chi connectivity index (χ4n) is 3.71. The van der Waals surface area contributed by atoms with Crippen LogP contribution in [0.4, 0.5) is 11.4 Å². The third-order valence-electron chi connectivity index (χ3n) is 5.48. The van der Waals surface area contributed by atoms with Crippen molar-refractivity contribution in [2.75, 3.05) is 16.8 Å². The van der Waals surface area contributed by atoms with Crippen molar-refractivity contribution in [3.63, 3.8) is 0 Å². The first kappa shape index (κ1) is 22.3. The normalized spacial score (nSPS) is 13.8. The van der Waals surface area contributed by atoms with Crippen molar-refractivity contribution in [3.05, 3.63) is 95.2 Å². The predicted octanol–water partition coefficient (Wildman–Crippen LogP) is 5.73. The molecule has 0 aliphatic carbocycles. The molecule has 33 heavy (non-hydrogen) atoms. The lowest BCUT2D eigenvalue weighted by molar-refractivity contribution is -0.120. The number of rotatable bonds is 7. The maximum Gasteiger partial charge on any atom is 0.282 e. The first-order valence-electron chi connectivity index (χ1n) is 11.1. The van der Waals surface area contributed by atoms with Crippen LogP contribution in [0.15, 0.2) is 78.5 Å². The van der Waals surface area contributed by atoms with Gasteiger partial charge in [-0.1, -0.05) is 56.3 Å². The van der Waals surface area contributed by atoms with E-state index in [0.717, 1.165) is 22.6 Å². The molecule has 1 heterocycles. The van der Waals surface area contributed by atoms with E-state index < -0.39 is 0 Å². The number of carbonyl (C=O) groups is 2. The van der Waals surface area contributed by atoms with Crippen LogP contribution in [0.25, 0.3) is 5.57 Å². The van der Waals surface area contributed by atoms with Gasteiger partial charge in [0.1, 0.15) is 11.4 Å². The van der Waals surface area contributed by atoms with Gasteiger partial charge in [0.15, 0.2) is 0 Å². The Morgan fingerprint density at radius 1 is 0.879 bits per heavy atom. The van der Waals surface area contributed by atoms with Crippen LogP contribution in [0.3, 0.4) is 0 Å². The van der Waals surface area contributed by atoms with Crippen LogP contribution in [0, 0.1) is 19.8 Å². The molecule has 168 valence electrons. The summed E-state index contributed by atoms with van der Waals surface area (Å²) in [6, 6.07) is 22.3. The van der Waals surface area contributed by atoms with Crippen molar-refractivity contribution in [2.45, 2.75) is 27.7 Å². The predicted molar refractivity (Wildman–Crippen MR) is 132 cm³/mol. The van der Waals surface area contributed by atoms with Gasteiger partial charge >= 0.3 is 0 Å². The summed E-state index contributed by atoms with van der Waals surface area (Å²) in [6.07, 6.45) is 0. The number of carbonyl (C=O) groups excluding carboxylic acids is 2. The number of imide groups is 1. The van der Waals surface area contributed by atoms with Crippen LogP contribution in [0.5, 0.6) is 5.75 Å². The molecule has 4 rings (SSSR count). The van der Waals surface area contributed by atoms with E-state index >= 15 is 0 Å². The summed E-state index contributed by atoms with van der Waals surface area (Å²) in [5.74, 6) is 0.417. The largest absolute Gasteiger partial charge is 0.493 e. The minimum absolute atomic E-state index is 0.272. The molecule has 2 amide bonds. The number of hydrogen-bond donors (Lipinski definition) is 1. The first-order chi connectivity index (χ1) is 15.8. The zero-order chi connectivity index (χ0) is 23.5. The first-order valence-corrected chi connectivity index (χ1v) is 11.1. The molecule has 3 aromatic carbocycles. The van der Waals surface area contributed by atoms with Crippen molar-refractivity contribution in [1.29, 1.82) is 0 Å². The monoisotopic (exact) mass is 440 g/mol. The van der Waals surface area contributed by atoms with E-state index in [2.05, 4.69) is 19.2 Å². The average molecular weight is 441 g/mol. The lowest BCUT2D eigenvalue weighted by atomic mass is 10.0. The van der Waals surface area contributed by atoms with Crippen molar-refractivity contribution in [1.82, 2.24) is 0 Å². The van der Waals surface area contributed by atoms with Gasteiger partial charge in [-0.05, 0) is 66.8 Å². The molecular weight excluding hydrogens is 412 g/mol. The molecule has 0 radical (unpaired) electrons. The Bertz CT molecular complexity index is 1210. The molecule has 3 aromatic rings. The van der Waals surface area contributed by atoms with E-state index in [0.29, 0.717) is 29.3 Å². The number of hydrogen-bond acceptors (Lipinski definition) is 4. The Morgan fingerprint density at radius 2 is 1.58 bits per heavy atom. The Balaban J connectivity index is 1.76. The van der Waals surface area contributed by atoms with E-state index in [4.69, 9.17) is 4.74 Å². The molecule has 0 aromatic heterocycles. The molecule has 0 saturated carbocycles. The van der Waals surface area contributed by atoms with Crippen LogP contribution in [-0.4, -0.2) is 18.4 Å². The minimum Gasteiger partial charge on any atom is -0.493 e. The van der Waals surface area contributed by atoms with Crippen LogP contribution >= 0.6 is 0 Å². The number of amides is 2. The van der Waals surface area contributed by atoms with E-state index in [9.17, 15) is 9.59 Å². The summed E-state index contributed by atoms with van der Waals surface area (Å²) in [6.45, 7) is 8.75. The lowest BCUT2D eigenvalue weighted by Gasteiger charge is -2.15. The summed E-state index contributed by atoms with van der Waals surface area (Å²) in [5.41, 5.74) is 4.68. The molecule has 0 bridgehead atoms. The molecule has 1 N–H and O–H groups in total. The average Bonchev–Trinajstić information content (AvgIpc) is 3.05. The van der Waals surface area contributed by atoms with Crippen LogP contribution < -0.4 is 15.0 Å². The topological polar surface area (TPSA) is 58.6 Å². The van der Waals surface area contributed by atoms with E-state index in [1.54, 1.807) is 12.1 Å². The highest BCUT2D eigenvalue weighted by molar-refractivity contribution is 6.46. The molecule has 0 saturated heterocycles. The number of anilines is 2. The van der Waals surface area contributed by atoms with Gasteiger partial charge in [0, 0.05) is 5.69 Å².